The third-order valence-corrected chi connectivity index (χ3v) is 4.27. The fraction of sp³-hybridized carbons (Fsp3) is 0.588. The van der Waals surface area contributed by atoms with Gasteiger partial charge in [-0.05, 0) is 50.0 Å². The van der Waals surface area contributed by atoms with E-state index in [0.29, 0.717) is 6.04 Å². The molecule has 4 heteroatoms. The van der Waals surface area contributed by atoms with Crippen molar-refractivity contribution in [3.63, 3.8) is 0 Å². The van der Waals surface area contributed by atoms with Gasteiger partial charge in [0.15, 0.2) is 5.11 Å². The highest BCUT2D eigenvalue weighted by Gasteiger charge is 2.18. The van der Waals surface area contributed by atoms with Crippen molar-refractivity contribution in [2.24, 2.45) is 0 Å². The Balaban J connectivity index is 1.60. The average Bonchev–Trinajstić information content (AvgIpc) is 2.51. The summed E-state index contributed by atoms with van der Waals surface area (Å²) in [5, 5.41) is 7.59. The van der Waals surface area contributed by atoms with Gasteiger partial charge in [-0.25, -0.2) is 0 Å². The van der Waals surface area contributed by atoms with Crippen molar-refractivity contribution in [2.45, 2.75) is 38.6 Å². The van der Waals surface area contributed by atoms with Crippen LogP contribution in [0.15, 0.2) is 30.3 Å². The highest BCUT2D eigenvalue weighted by Crippen LogP contribution is 2.10. The number of thiocarbonyl (C=S) groups is 1. The molecule has 0 aliphatic carbocycles. The number of hydrogen-bond acceptors (Lipinski definition) is 2. The Labute approximate surface area is 134 Å². The molecule has 0 spiro atoms. The fourth-order valence-electron chi connectivity index (χ4n) is 2.82. The molecule has 1 aromatic carbocycles. The molecule has 1 saturated heterocycles. The van der Waals surface area contributed by atoms with Crippen LogP contribution in [0.1, 0.15) is 31.7 Å². The van der Waals surface area contributed by atoms with Gasteiger partial charge < -0.3 is 15.5 Å². The Hall–Kier alpha value is -1.13. The predicted molar refractivity (Wildman–Crippen MR) is 93.6 cm³/mol. The molecular weight excluding hydrogens is 278 g/mol. The van der Waals surface area contributed by atoms with E-state index in [2.05, 4.69) is 46.7 Å². The van der Waals surface area contributed by atoms with Crippen molar-refractivity contribution >= 4 is 17.3 Å². The summed E-state index contributed by atoms with van der Waals surface area (Å²) in [6.45, 7) is 6.75. The Bertz CT molecular complexity index is 413. The zero-order chi connectivity index (χ0) is 14.9. The first-order valence-electron chi connectivity index (χ1n) is 8.08. The molecule has 3 nitrogen and oxygen atoms in total. The van der Waals surface area contributed by atoms with Gasteiger partial charge in [-0.1, -0.05) is 37.3 Å². The molecule has 0 bridgehead atoms. The maximum atomic E-state index is 5.40. The minimum Gasteiger partial charge on any atom is -0.362 e. The number of likely N-dealkylation sites (tertiary alicyclic amines) is 1. The van der Waals surface area contributed by atoms with E-state index in [1.54, 1.807) is 0 Å². The van der Waals surface area contributed by atoms with E-state index >= 15 is 0 Å². The van der Waals surface area contributed by atoms with E-state index in [0.717, 1.165) is 18.1 Å². The largest absolute Gasteiger partial charge is 0.362 e. The molecular formula is C17H27N3S. The van der Waals surface area contributed by atoms with E-state index < -0.39 is 0 Å². The van der Waals surface area contributed by atoms with Crippen molar-refractivity contribution in [3.8, 4) is 0 Å². The van der Waals surface area contributed by atoms with Crippen LogP contribution in [0.5, 0.6) is 0 Å². The van der Waals surface area contributed by atoms with Crippen LogP contribution >= 0.6 is 12.2 Å². The lowest BCUT2D eigenvalue weighted by Crippen LogP contribution is -2.48. The van der Waals surface area contributed by atoms with Crippen LogP contribution in [0, 0.1) is 0 Å². The van der Waals surface area contributed by atoms with E-state index in [9.17, 15) is 0 Å². The van der Waals surface area contributed by atoms with Crippen LogP contribution in [0.3, 0.4) is 0 Å². The molecule has 0 saturated carbocycles. The zero-order valence-corrected chi connectivity index (χ0v) is 13.8. The quantitative estimate of drug-likeness (QED) is 0.790. The van der Waals surface area contributed by atoms with Crippen LogP contribution < -0.4 is 10.6 Å². The Kier molecular flexibility index (Phi) is 6.96. The number of nitrogens with zero attached hydrogens (tertiary/aromatic N) is 1. The minimum atomic E-state index is 0.537. The Morgan fingerprint density at radius 2 is 1.95 bits per heavy atom. The van der Waals surface area contributed by atoms with Crippen LogP contribution in [0.2, 0.25) is 0 Å². The topological polar surface area (TPSA) is 27.3 Å². The molecule has 116 valence electrons. The minimum absolute atomic E-state index is 0.537. The summed E-state index contributed by atoms with van der Waals surface area (Å²) in [5.74, 6) is 0. The van der Waals surface area contributed by atoms with Crippen LogP contribution in [0.4, 0.5) is 0 Å². The van der Waals surface area contributed by atoms with Crippen molar-refractivity contribution in [2.75, 3.05) is 26.2 Å². The van der Waals surface area contributed by atoms with Gasteiger partial charge in [0.2, 0.25) is 0 Å². The van der Waals surface area contributed by atoms with Gasteiger partial charge >= 0.3 is 0 Å². The first kappa shape index (κ1) is 16.2. The second-order valence-corrected chi connectivity index (χ2v) is 6.16. The molecule has 1 aliphatic rings. The lowest BCUT2D eigenvalue weighted by molar-refractivity contribution is 0.206. The molecule has 2 N–H and O–H groups in total. The number of rotatable bonds is 6. The first-order chi connectivity index (χ1) is 10.3. The molecule has 1 aliphatic heterocycles. The summed E-state index contributed by atoms with van der Waals surface area (Å²) in [6.07, 6.45) is 4.65. The number of benzene rings is 1. The Morgan fingerprint density at radius 3 is 2.62 bits per heavy atom. The van der Waals surface area contributed by atoms with E-state index in [1.165, 1.54) is 44.5 Å². The second-order valence-electron chi connectivity index (χ2n) is 5.75. The van der Waals surface area contributed by atoms with Crippen molar-refractivity contribution in [1.82, 2.24) is 15.5 Å². The molecule has 21 heavy (non-hydrogen) atoms. The zero-order valence-electron chi connectivity index (χ0n) is 13.0. The highest BCUT2D eigenvalue weighted by atomic mass is 32.1. The molecule has 0 radical (unpaired) electrons. The molecule has 0 atom stereocenters. The summed E-state index contributed by atoms with van der Waals surface area (Å²) in [6, 6.07) is 11.1. The summed E-state index contributed by atoms with van der Waals surface area (Å²) < 4.78 is 0. The normalized spacial score (nSPS) is 16.6. The SMILES string of the molecule is CCCN1CCC(NC(=S)NCCc2ccccc2)CC1. The lowest BCUT2D eigenvalue weighted by Gasteiger charge is -2.32. The highest BCUT2D eigenvalue weighted by molar-refractivity contribution is 7.80. The van der Waals surface area contributed by atoms with E-state index in [-0.39, 0.29) is 0 Å². The molecule has 1 fully saturated rings. The first-order valence-corrected chi connectivity index (χ1v) is 8.49. The number of piperidine rings is 1. The average molecular weight is 305 g/mol. The third kappa shape index (κ3) is 6.02. The second kappa shape index (κ2) is 9.00. The summed E-state index contributed by atoms with van der Waals surface area (Å²) in [7, 11) is 0. The van der Waals surface area contributed by atoms with E-state index in [4.69, 9.17) is 12.2 Å². The van der Waals surface area contributed by atoms with Gasteiger partial charge in [0, 0.05) is 25.7 Å². The molecule has 0 aromatic heterocycles. The van der Waals surface area contributed by atoms with Crippen molar-refractivity contribution < 1.29 is 0 Å². The van der Waals surface area contributed by atoms with Gasteiger partial charge in [-0.3, -0.25) is 0 Å². The fourth-order valence-corrected chi connectivity index (χ4v) is 3.09. The molecule has 0 unspecified atom stereocenters. The van der Waals surface area contributed by atoms with Gasteiger partial charge in [-0.2, -0.15) is 0 Å². The van der Waals surface area contributed by atoms with Crippen LogP contribution in [0.25, 0.3) is 0 Å². The summed E-state index contributed by atoms with van der Waals surface area (Å²) >= 11 is 5.40. The Morgan fingerprint density at radius 1 is 1.24 bits per heavy atom. The molecule has 1 aromatic rings. The number of nitrogens with one attached hydrogen (secondary N) is 2. The number of hydrogen-bond donors (Lipinski definition) is 2. The van der Waals surface area contributed by atoms with E-state index in [1.807, 2.05) is 6.07 Å². The van der Waals surface area contributed by atoms with Crippen molar-refractivity contribution in [3.05, 3.63) is 35.9 Å². The third-order valence-electron chi connectivity index (χ3n) is 4.00. The lowest BCUT2D eigenvalue weighted by atomic mass is 10.1. The standard InChI is InChI=1S/C17H27N3S/c1-2-12-20-13-9-16(10-14-20)19-17(21)18-11-8-15-6-4-3-5-7-15/h3-7,16H,2,8-14H2,1H3,(H2,18,19,21). The maximum absolute atomic E-state index is 5.40. The predicted octanol–water partition coefficient (Wildman–Crippen LogP) is 2.57. The molecule has 1 heterocycles. The molecule has 0 amide bonds. The molecule has 2 rings (SSSR count). The smallest absolute Gasteiger partial charge is 0.166 e. The van der Waals surface area contributed by atoms with Gasteiger partial charge in [0.1, 0.15) is 0 Å². The monoisotopic (exact) mass is 305 g/mol. The van der Waals surface area contributed by atoms with Crippen LogP contribution in [-0.4, -0.2) is 42.2 Å². The maximum Gasteiger partial charge on any atom is 0.166 e. The summed E-state index contributed by atoms with van der Waals surface area (Å²) in [4.78, 5) is 2.55. The van der Waals surface area contributed by atoms with Crippen molar-refractivity contribution in [1.29, 1.82) is 0 Å². The van der Waals surface area contributed by atoms with Gasteiger partial charge in [0.05, 0.1) is 0 Å². The van der Waals surface area contributed by atoms with Gasteiger partial charge in [-0.15, -0.1) is 0 Å². The summed E-state index contributed by atoms with van der Waals surface area (Å²) in [5.41, 5.74) is 1.35. The van der Waals surface area contributed by atoms with Gasteiger partial charge in [0.25, 0.3) is 0 Å². The van der Waals surface area contributed by atoms with Crippen LogP contribution in [-0.2, 0) is 6.42 Å².